The maximum atomic E-state index is 14.1. The van der Waals surface area contributed by atoms with Crippen LogP contribution in [0.2, 0.25) is 0 Å². The molecule has 1 N–H and O–H groups in total. The highest BCUT2D eigenvalue weighted by Crippen LogP contribution is 2.20. The number of sulfonamides is 1. The Kier molecular flexibility index (Phi) is 6.88. The summed E-state index contributed by atoms with van der Waals surface area (Å²) in [5, 5.41) is 2.73. The molecule has 0 aliphatic heterocycles. The minimum atomic E-state index is -3.97. The van der Waals surface area contributed by atoms with Crippen molar-refractivity contribution in [2.75, 3.05) is 19.6 Å². The molecule has 0 saturated carbocycles. The van der Waals surface area contributed by atoms with Crippen molar-refractivity contribution in [3.05, 3.63) is 65.5 Å². The monoisotopic (exact) mass is 378 g/mol. The summed E-state index contributed by atoms with van der Waals surface area (Å²) in [6, 6.07) is 13.1. The van der Waals surface area contributed by atoms with E-state index in [1.54, 1.807) is 13.8 Å². The van der Waals surface area contributed by atoms with E-state index in [4.69, 9.17) is 0 Å². The summed E-state index contributed by atoms with van der Waals surface area (Å²) in [7, 11) is -3.97. The topological polar surface area (TPSA) is 66.5 Å². The van der Waals surface area contributed by atoms with E-state index in [0.29, 0.717) is 13.0 Å². The molecule has 140 valence electrons. The predicted molar refractivity (Wildman–Crippen MR) is 99.0 cm³/mol. The summed E-state index contributed by atoms with van der Waals surface area (Å²) >= 11 is 0. The summed E-state index contributed by atoms with van der Waals surface area (Å²) in [4.78, 5) is 11.8. The lowest BCUT2D eigenvalue weighted by Crippen LogP contribution is -2.32. The van der Waals surface area contributed by atoms with Crippen LogP contribution in [0.3, 0.4) is 0 Å². The van der Waals surface area contributed by atoms with E-state index >= 15 is 0 Å². The van der Waals surface area contributed by atoms with Gasteiger partial charge in [-0.1, -0.05) is 44.2 Å². The van der Waals surface area contributed by atoms with Crippen molar-refractivity contribution < 1.29 is 17.6 Å². The van der Waals surface area contributed by atoms with Crippen molar-refractivity contribution in [2.45, 2.75) is 25.2 Å². The molecule has 0 radical (unpaired) electrons. The van der Waals surface area contributed by atoms with Gasteiger partial charge in [-0.05, 0) is 30.2 Å². The number of hydrogen-bond donors (Lipinski definition) is 1. The average Bonchev–Trinajstić information content (AvgIpc) is 2.63. The van der Waals surface area contributed by atoms with E-state index in [1.165, 1.54) is 6.07 Å². The second kappa shape index (κ2) is 8.91. The average molecular weight is 378 g/mol. The zero-order chi connectivity index (χ0) is 19.2. The highest BCUT2D eigenvalue weighted by molar-refractivity contribution is 7.89. The van der Waals surface area contributed by atoms with E-state index in [-0.39, 0.29) is 18.7 Å². The summed E-state index contributed by atoms with van der Waals surface area (Å²) in [6.07, 6.45) is 0.651. The molecule has 5 nitrogen and oxygen atoms in total. The zero-order valence-corrected chi connectivity index (χ0v) is 15.7. The van der Waals surface area contributed by atoms with Crippen LogP contribution in [0.25, 0.3) is 0 Å². The molecule has 26 heavy (non-hydrogen) atoms. The van der Waals surface area contributed by atoms with Gasteiger partial charge in [-0.25, -0.2) is 12.8 Å². The van der Waals surface area contributed by atoms with Crippen LogP contribution < -0.4 is 5.32 Å². The lowest BCUT2D eigenvalue weighted by Gasteiger charge is -2.19. The number of carbonyl (C=O) groups is 1. The Balaban J connectivity index is 2.14. The van der Waals surface area contributed by atoms with E-state index < -0.39 is 26.6 Å². The van der Waals surface area contributed by atoms with Gasteiger partial charge in [-0.3, -0.25) is 4.79 Å². The molecule has 1 amide bonds. The van der Waals surface area contributed by atoms with Gasteiger partial charge in [0.2, 0.25) is 10.0 Å². The van der Waals surface area contributed by atoms with Crippen molar-refractivity contribution in [3.63, 3.8) is 0 Å². The fourth-order valence-electron chi connectivity index (χ4n) is 2.61. The maximum absolute atomic E-state index is 14.1. The van der Waals surface area contributed by atoms with Crippen LogP contribution in [0.5, 0.6) is 0 Å². The lowest BCUT2D eigenvalue weighted by atomic mass is 10.1. The number of halogens is 1. The second-order valence-corrected chi connectivity index (χ2v) is 7.63. The van der Waals surface area contributed by atoms with Gasteiger partial charge in [0.05, 0.1) is 0 Å². The molecule has 0 saturated heterocycles. The fourth-order valence-corrected chi connectivity index (χ4v) is 4.16. The van der Waals surface area contributed by atoms with Crippen molar-refractivity contribution in [3.8, 4) is 0 Å². The number of carbonyl (C=O) groups excluding carboxylic acids is 1. The predicted octanol–water partition coefficient (Wildman–Crippen LogP) is 2.83. The third-order valence-corrected chi connectivity index (χ3v) is 6.12. The highest BCUT2D eigenvalue weighted by atomic mass is 32.2. The Morgan fingerprint density at radius 1 is 1.08 bits per heavy atom. The third-order valence-electron chi connectivity index (χ3n) is 4.06. The van der Waals surface area contributed by atoms with Gasteiger partial charge in [0, 0.05) is 25.2 Å². The molecule has 2 aromatic rings. The Morgan fingerprint density at radius 2 is 1.73 bits per heavy atom. The molecule has 2 rings (SSSR count). The first-order valence-electron chi connectivity index (χ1n) is 8.52. The smallest absolute Gasteiger partial charge is 0.251 e. The molecule has 0 spiro atoms. The minimum absolute atomic E-state index is 0.116. The third kappa shape index (κ3) is 4.68. The molecule has 7 heteroatoms. The Morgan fingerprint density at radius 3 is 2.35 bits per heavy atom. The van der Waals surface area contributed by atoms with Gasteiger partial charge >= 0.3 is 0 Å². The van der Waals surface area contributed by atoms with Crippen LogP contribution in [-0.4, -0.2) is 38.3 Å². The number of benzene rings is 2. The lowest BCUT2D eigenvalue weighted by molar-refractivity contribution is 0.0954. The molecule has 2 aromatic carbocycles. The van der Waals surface area contributed by atoms with E-state index in [0.717, 1.165) is 22.0 Å². The Hall–Kier alpha value is -2.25. The van der Waals surface area contributed by atoms with Crippen LogP contribution in [0.4, 0.5) is 4.39 Å². The van der Waals surface area contributed by atoms with Gasteiger partial charge in [0.15, 0.2) is 0 Å². The highest BCUT2D eigenvalue weighted by Gasteiger charge is 2.26. The molecule has 0 aliphatic rings. The largest absolute Gasteiger partial charge is 0.352 e. The van der Waals surface area contributed by atoms with Crippen LogP contribution >= 0.6 is 0 Å². The van der Waals surface area contributed by atoms with Crippen molar-refractivity contribution in [2.24, 2.45) is 0 Å². The Labute approximate surface area is 153 Å². The molecular formula is C19H23FN2O3S. The fraction of sp³-hybridized carbons (Fsp3) is 0.316. The summed E-state index contributed by atoms with van der Waals surface area (Å²) in [5.74, 6) is -1.30. The van der Waals surface area contributed by atoms with Crippen LogP contribution in [-0.2, 0) is 16.4 Å². The molecule has 0 atom stereocenters. The Bertz CT molecular complexity index is 850. The van der Waals surface area contributed by atoms with Gasteiger partial charge in [0.25, 0.3) is 5.91 Å². The first-order valence-corrected chi connectivity index (χ1v) is 9.96. The molecule has 0 heterocycles. The molecule has 0 aliphatic carbocycles. The zero-order valence-electron chi connectivity index (χ0n) is 14.9. The first kappa shape index (κ1) is 20.1. The summed E-state index contributed by atoms with van der Waals surface area (Å²) < 4.78 is 40.3. The quantitative estimate of drug-likeness (QED) is 0.768. The van der Waals surface area contributed by atoms with Crippen molar-refractivity contribution in [1.29, 1.82) is 0 Å². The van der Waals surface area contributed by atoms with Crippen LogP contribution in [0.15, 0.2) is 53.4 Å². The molecule has 0 fully saturated rings. The maximum Gasteiger partial charge on any atom is 0.251 e. The van der Waals surface area contributed by atoms with Crippen LogP contribution in [0.1, 0.15) is 29.8 Å². The minimum Gasteiger partial charge on any atom is -0.352 e. The van der Waals surface area contributed by atoms with Crippen molar-refractivity contribution in [1.82, 2.24) is 9.62 Å². The first-order chi connectivity index (χ1) is 12.4. The summed E-state index contributed by atoms with van der Waals surface area (Å²) in [5.41, 5.74) is 1.20. The number of hydrogen-bond acceptors (Lipinski definition) is 3. The number of rotatable bonds is 8. The van der Waals surface area contributed by atoms with E-state index in [2.05, 4.69) is 5.32 Å². The second-order valence-electron chi connectivity index (χ2n) is 5.73. The van der Waals surface area contributed by atoms with E-state index in [1.807, 2.05) is 30.3 Å². The van der Waals surface area contributed by atoms with Gasteiger partial charge in [-0.2, -0.15) is 4.31 Å². The number of amides is 1. The molecule has 0 aromatic heterocycles. The molecular weight excluding hydrogens is 355 g/mol. The molecule has 0 unspecified atom stereocenters. The number of nitrogens with zero attached hydrogens (tertiary/aromatic N) is 1. The van der Waals surface area contributed by atoms with E-state index in [9.17, 15) is 17.6 Å². The van der Waals surface area contributed by atoms with Gasteiger partial charge in [0.1, 0.15) is 10.7 Å². The molecule has 0 bridgehead atoms. The number of nitrogens with one attached hydrogen (secondary N) is 1. The SMILES string of the molecule is CCN(CC)S(=O)(=O)c1cc(C(=O)NCCc2ccccc2)ccc1F. The van der Waals surface area contributed by atoms with Gasteiger partial charge < -0.3 is 5.32 Å². The van der Waals surface area contributed by atoms with Gasteiger partial charge in [-0.15, -0.1) is 0 Å². The van der Waals surface area contributed by atoms with Crippen molar-refractivity contribution >= 4 is 15.9 Å². The summed E-state index contributed by atoms with van der Waals surface area (Å²) in [6.45, 7) is 4.22. The normalized spacial score (nSPS) is 11.5. The standard InChI is InChI=1S/C19H23FN2O3S/c1-3-22(4-2)26(24,25)18-14-16(10-11-17(18)20)19(23)21-13-12-15-8-6-5-7-9-15/h5-11,14H,3-4,12-13H2,1-2H3,(H,21,23). The van der Waals surface area contributed by atoms with Crippen LogP contribution in [0, 0.1) is 5.82 Å².